The summed E-state index contributed by atoms with van der Waals surface area (Å²) in [6, 6.07) is 16.0. The number of halogens is 2. The van der Waals surface area contributed by atoms with E-state index in [1.54, 1.807) is 24.3 Å². The number of nitrogens with zero attached hydrogens (tertiary/aromatic N) is 1. The summed E-state index contributed by atoms with van der Waals surface area (Å²) in [5.74, 6) is 0.591. The molecule has 0 bridgehead atoms. The van der Waals surface area contributed by atoms with Crippen LogP contribution in [0.15, 0.2) is 69.6 Å². The lowest BCUT2D eigenvalue weighted by Crippen LogP contribution is -2.36. The fourth-order valence-corrected chi connectivity index (χ4v) is 3.45. The molecule has 1 saturated heterocycles. The van der Waals surface area contributed by atoms with E-state index in [0.29, 0.717) is 49.1 Å². The van der Waals surface area contributed by atoms with Gasteiger partial charge in [0, 0.05) is 28.7 Å². The third-order valence-corrected chi connectivity index (χ3v) is 5.27. The van der Waals surface area contributed by atoms with Gasteiger partial charge >= 0.3 is 0 Å². The first-order valence-electron chi connectivity index (χ1n) is 9.30. The summed E-state index contributed by atoms with van der Waals surface area (Å²) in [5, 5.41) is 0. The molecule has 1 aliphatic rings. The summed E-state index contributed by atoms with van der Waals surface area (Å²) < 4.78 is 26.6. The van der Waals surface area contributed by atoms with Crippen LogP contribution in [0, 0.1) is 5.82 Å². The van der Waals surface area contributed by atoms with E-state index in [4.69, 9.17) is 9.15 Å². The molecule has 0 N–H and O–H groups in total. The fourth-order valence-electron chi connectivity index (χ4n) is 3.19. The van der Waals surface area contributed by atoms with Gasteiger partial charge in [-0.25, -0.2) is 4.39 Å². The molecular weight excluding hydrogens is 437 g/mol. The molecule has 0 spiro atoms. The second-order valence-corrected chi connectivity index (χ2v) is 7.59. The molecule has 1 aromatic heterocycles. The maximum atomic E-state index is 14.5. The van der Waals surface area contributed by atoms with Crippen LogP contribution in [0.3, 0.4) is 0 Å². The van der Waals surface area contributed by atoms with E-state index < -0.39 is 5.82 Å². The van der Waals surface area contributed by atoms with Crippen LogP contribution in [0.5, 0.6) is 0 Å². The zero-order valence-electron chi connectivity index (χ0n) is 15.6. The number of furan rings is 1. The van der Waals surface area contributed by atoms with Crippen LogP contribution in [-0.4, -0.2) is 32.1 Å². The summed E-state index contributed by atoms with van der Waals surface area (Å²) in [4.78, 5) is 14.4. The van der Waals surface area contributed by atoms with Gasteiger partial charge in [0.1, 0.15) is 17.3 Å². The van der Waals surface area contributed by atoms with Crippen molar-refractivity contribution in [3.05, 3.63) is 82.3 Å². The molecular formula is C23H19BrFNO3. The second kappa shape index (κ2) is 8.76. The Morgan fingerprint density at radius 3 is 2.52 bits per heavy atom. The smallest absolute Gasteiger partial charge is 0.186 e. The number of hydrogen-bond acceptors (Lipinski definition) is 4. The van der Waals surface area contributed by atoms with Gasteiger partial charge in [0.05, 0.1) is 18.9 Å². The van der Waals surface area contributed by atoms with Gasteiger partial charge in [0.25, 0.3) is 0 Å². The van der Waals surface area contributed by atoms with Crippen molar-refractivity contribution < 1.29 is 18.3 Å². The molecule has 4 rings (SSSR count). The average Bonchev–Trinajstić information content (AvgIpc) is 3.22. The third kappa shape index (κ3) is 4.66. The van der Waals surface area contributed by atoms with Gasteiger partial charge in [0.2, 0.25) is 0 Å². The molecule has 0 saturated carbocycles. The quantitative estimate of drug-likeness (QED) is 0.371. The normalized spacial score (nSPS) is 14.5. The number of ether oxygens (including phenoxy) is 1. The first-order valence-corrected chi connectivity index (χ1v) is 10.1. The zero-order chi connectivity index (χ0) is 20.2. The van der Waals surface area contributed by atoms with Gasteiger partial charge in [-0.05, 0) is 54.6 Å². The highest BCUT2D eigenvalue weighted by molar-refractivity contribution is 9.10. The maximum absolute atomic E-state index is 14.5. The van der Waals surface area contributed by atoms with E-state index in [1.165, 1.54) is 12.1 Å². The predicted molar refractivity (Wildman–Crippen MR) is 115 cm³/mol. The Hall–Kier alpha value is -2.70. The van der Waals surface area contributed by atoms with E-state index in [2.05, 4.69) is 15.9 Å². The van der Waals surface area contributed by atoms with Crippen LogP contribution < -0.4 is 4.90 Å². The SMILES string of the molecule is O=C(/C=C\c1ccc(-c2ccc(Br)cc2)o1)c1ccc(N2CCOCC2)c(F)c1. The Morgan fingerprint density at radius 1 is 1.03 bits per heavy atom. The van der Waals surface area contributed by atoms with Crippen molar-refractivity contribution in [1.82, 2.24) is 0 Å². The lowest BCUT2D eigenvalue weighted by molar-refractivity contribution is 0.104. The van der Waals surface area contributed by atoms with Gasteiger partial charge < -0.3 is 14.1 Å². The maximum Gasteiger partial charge on any atom is 0.186 e. The predicted octanol–water partition coefficient (Wildman–Crippen LogP) is 5.58. The average molecular weight is 456 g/mol. The molecule has 1 aliphatic heterocycles. The Kier molecular flexibility index (Phi) is 5.92. The van der Waals surface area contributed by atoms with Crippen molar-refractivity contribution in [3.8, 4) is 11.3 Å². The van der Waals surface area contributed by atoms with Gasteiger partial charge in [-0.2, -0.15) is 0 Å². The first-order chi connectivity index (χ1) is 14.1. The monoisotopic (exact) mass is 455 g/mol. The summed E-state index contributed by atoms with van der Waals surface area (Å²) in [6.07, 6.45) is 2.99. The molecule has 0 radical (unpaired) electrons. The topological polar surface area (TPSA) is 42.7 Å². The van der Waals surface area contributed by atoms with Crippen LogP contribution >= 0.6 is 15.9 Å². The highest BCUT2D eigenvalue weighted by Gasteiger charge is 2.16. The second-order valence-electron chi connectivity index (χ2n) is 6.67. The number of anilines is 1. The molecule has 4 nitrogen and oxygen atoms in total. The number of hydrogen-bond donors (Lipinski definition) is 0. The van der Waals surface area contributed by atoms with Crippen LogP contribution in [0.4, 0.5) is 10.1 Å². The Morgan fingerprint density at radius 2 is 1.79 bits per heavy atom. The van der Waals surface area contributed by atoms with Crippen LogP contribution in [0.25, 0.3) is 17.4 Å². The Bertz CT molecular complexity index is 1040. The molecule has 3 aromatic rings. The minimum atomic E-state index is -0.401. The van der Waals surface area contributed by atoms with E-state index in [1.807, 2.05) is 35.2 Å². The van der Waals surface area contributed by atoms with Gasteiger partial charge in [-0.3, -0.25) is 4.79 Å². The van der Waals surface area contributed by atoms with Crippen molar-refractivity contribution in [2.24, 2.45) is 0 Å². The van der Waals surface area contributed by atoms with Gasteiger partial charge in [0.15, 0.2) is 5.78 Å². The minimum absolute atomic E-state index is 0.279. The van der Waals surface area contributed by atoms with Crippen molar-refractivity contribution >= 4 is 33.5 Å². The number of carbonyl (C=O) groups is 1. The van der Waals surface area contributed by atoms with Crippen LogP contribution in [0.1, 0.15) is 16.1 Å². The fraction of sp³-hybridized carbons (Fsp3) is 0.174. The molecule has 2 heterocycles. The number of rotatable bonds is 5. The molecule has 0 aliphatic carbocycles. The van der Waals surface area contributed by atoms with Crippen molar-refractivity contribution in [2.45, 2.75) is 0 Å². The molecule has 0 unspecified atom stereocenters. The van der Waals surface area contributed by atoms with Crippen molar-refractivity contribution in [2.75, 3.05) is 31.2 Å². The summed E-state index contributed by atoms with van der Waals surface area (Å²) in [5.41, 5.74) is 1.74. The highest BCUT2D eigenvalue weighted by Crippen LogP contribution is 2.25. The first kappa shape index (κ1) is 19.6. The van der Waals surface area contributed by atoms with Crippen molar-refractivity contribution in [1.29, 1.82) is 0 Å². The third-order valence-electron chi connectivity index (χ3n) is 4.74. The number of ketones is 1. The van der Waals surface area contributed by atoms with E-state index in [-0.39, 0.29) is 5.78 Å². The molecule has 29 heavy (non-hydrogen) atoms. The number of benzene rings is 2. The Labute approximate surface area is 176 Å². The van der Waals surface area contributed by atoms with Gasteiger partial charge in [-0.15, -0.1) is 0 Å². The summed E-state index contributed by atoms with van der Waals surface area (Å²) in [6.45, 7) is 2.44. The molecule has 148 valence electrons. The number of allylic oxidation sites excluding steroid dienone is 1. The van der Waals surface area contributed by atoms with E-state index in [9.17, 15) is 9.18 Å². The summed E-state index contributed by atoms with van der Waals surface area (Å²) >= 11 is 3.40. The zero-order valence-corrected chi connectivity index (χ0v) is 17.2. The van der Waals surface area contributed by atoms with Crippen LogP contribution in [-0.2, 0) is 4.74 Å². The standard InChI is InChI=1S/C23H19BrFNO3/c24-18-4-1-16(2-5-18)23-10-7-19(29-23)6-9-22(27)17-3-8-21(20(25)15-17)26-11-13-28-14-12-26/h1-10,15H,11-14H2/b9-6-. The molecule has 0 amide bonds. The molecule has 6 heteroatoms. The molecule has 1 fully saturated rings. The largest absolute Gasteiger partial charge is 0.457 e. The van der Waals surface area contributed by atoms with E-state index in [0.717, 1.165) is 10.0 Å². The van der Waals surface area contributed by atoms with Crippen molar-refractivity contribution in [3.63, 3.8) is 0 Å². The van der Waals surface area contributed by atoms with Crippen LogP contribution in [0.2, 0.25) is 0 Å². The van der Waals surface area contributed by atoms with Gasteiger partial charge in [-0.1, -0.05) is 28.1 Å². The van der Waals surface area contributed by atoms with E-state index >= 15 is 0 Å². The number of carbonyl (C=O) groups excluding carboxylic acids is 1. The lowest BCUT2D eigenvalue weighted by Gasteiger charge is -2.29. The highest BCUT2D eigenvalue weighted by atomic mass is 79.9. The molecule has 2 aromatic carbocycles. The number of morpholine rings is 1. The summed E-state index contributed by atoms with van der Waals surface area (Å²) in [7, 11) is 0. The molecule has 0 atom stereocenters. The Balaban J connectivity index is 1.45. The lowest BCUT2D eigenvalue weighted by atomic mass is 10.1. The minimum Gasteiger partial charge on any atom is -0.457 e.